The summed E-state index contributed by atoms with van der Waals surface area (Å²) in [6.45, 7) is 1.54. The molecule has 5 nitrogen and oxygen atoms in total. The second kappa shape index (κ2) is 7.93. The lowest BCUT2D eigenvalue weighted by Crippen LogP contribution is -2.19. The van der Waals surface area contributed by atoms with Crippen molar-refractivity contribution in [2.24, 2.45) is 0 Å². The van der Waals surface area contributed by atoms with E-state index in [2.05, 4.69) is 10.3 Å². The Balaban J connectivity index is 2.08. The summed E-state index contributed by atoms with van der Waals surface area (Å²) < 4.78 is 47.2. The van der Waals surface area contributed by atoms with Gasteiger partial charge in [-0.3, -0.25) is 4.79 Å². The molecule has 1 aromatic heterocycles. The molecule has 3 rings (SSSR count). The summed E-state index contributed by atoms with van der Waals surface area (Å²) in [7, 11) is 1.29. The number of methoxy groups -OCH3 is 1. The Bertz CT molecular complexity index is 1100. The largest absolute Gasteiger partial charge is 0.490 e. The second-order valence-corrected chi connectivity index (χ2v) is 6.37. The monoisotopic (exact) mass is 409 g/mol. The maximum absolute atomic E-state index is 14.1. The number of ether oxygens (including phenoxy) is 1. The van der Waals surface area contributed by atoms with Gasteiger partial charge in [0.2, 0.25) is 11.7 Å². The first-order valence-electron chi connectivity index (χ1n) is 8.11. The molecular formula is C19H15ClF3N3O2. The number of aromatic nitrogens is 2. The Morgan fingerprint density at radius 1 is 1.18 bits per heavy atom. The molecule has 0 unspecified atom stereocenters. The maximum Gasteiger partial charge on any atom is 0.316 e. The van der Waals surface area contributed by atoms with Gasteiger partial charge >= 0.3 is 5.56 Å². The second-order valence-electron chi connectivity index (χ2n) is 5.96. The highest BCUT2D eigenvalue weighted by Gasteiger charge is 2.15. The Hall–Kier alpha value is -3.00. The van der Waals surface area contributed by atoms with E-state index < -0.39 is 23.0 Å². The van der Waals surface area contributed by atoms with Crippen LogP contribution in [0.5, 0.6) is 5.75 Å². The Kier molecular flexibility index (Phi) is 5.60. The highest BCUT2D eigenvalue weighted by Crippen LogP contribution is 2.26. The van der Waals surface area contributed by atoms with Gasteiger partial charge in [-0.2, -0.15) is 4.98 Å². The minimum Gasteiger partial charge on any atom is -0.490 e. The molecule has 0 amide bonds. The molecule has 0 aliphatic rings. The summed E-state index contributed by atoms with van der Waals surface area (Å²) in [5.74, 6) is -3.43. The summed E-state index contributed by atoms with van der Waals surface area (Å²) >= 11 is 6.11. The van der Waals surface area contributed by atoms with Gasteiger partial charge in [0.1, 0.15) is 5.82 Å². The minimum absolute atomic E-state index is 0.0558. The van der Waals surface area contributed by atoms with E-state index in [0.29, 0.717) is 22.3 Å². The average Bonchev–Trinajstić information content (AvgIpc) is 2.65. The van der Waals surface area contributed by atoms with E-state index >= 15 is 0 Å². The fourth-order valence-corrected chi connectivity index (χ4v) is 2.74. The van der Waals surface area contributed by atoms with Crippen molar-refractivity contribution in [3.05, 3.63) is 80.5 Å². The van der Waals surface area contributed by atoms with E-state index in [4.69, 9.17) is 16.3 Å². The van der Waals surface area contributed by atoms with E-state index in [-0.39, 0.29) is 23.8 Å². The molecule has 0 bridgehead atoms. The van der Waals surface area contributed by atoms with Gasteiger partial charge in [0.25, 0.3) is 0 Å². The van der Waals surface area contributed by atoms with Crippen LogP contribution in [0.15, 0.2) is 41.3 Å². The number of benzene rings is 2. The van der Waals surface area contributed by atoms with Crippen molar-refractivity contribution in [1.82, 2.24) is 9.55 Å². The fourth-order valence-electron chi connectivity index (χ4n) is 2.57. The lowest BCUT2D eigenvalue weighted by Gasteiger charge is -2.17. The van der Waals surface area contributed by atoms with Gasteiger partial charge < -0.3 is 14.6 Å². The van der Waals surface area contributed by atoms with Gasteiger partial charge in [0.05, 0.1) is 19.9 Å². The predicted molar refractivity (Wildman–Crippen MR) is 99.9 cm³/mol. The molecule has 3 aromatic rings. The third-order valence-electron chi connectivity index (χ3n) is 4.13. The lowest BCUT2D eigenvalue weighted by molar-refractivity contribution is 0.402. The topological polar surface area (TPSA) is 56.1 Å². The van der Waals surface area contributed by atoms with Crippen LogP contribution in [0.2, 0.25) is 5.02 Å². The Morgan fingerprint density at radius 2 is 1.89 bits per heavy atom. The van der Waals surface area contributed by atoms with Crippen molar-refractivity contribution < 1.29 is 17.9 Å². The number of nitrogens with zero attached hydrogens (tertiary/aromatic N) is 2. The molecule has 0 saturated heterocycles. The van der Waals surface area contributed by atoms with Crippen LogP contribution in [0.25, 0.3) is 0 Å². The summed E-state index contributed by atoms with van der Waals surface area (Å²) in [4.78, 5) is 16.0. The predicted octanol–water partition coefficient (Wildman–Crippen LogP) is 4.42. The summed E-state index contributed by atoms with van der Waals surface area (Å²) in [5, 5.41) is 3.46. The first-order valence-corrected chi connectivity index (χ1v) is 8.49. The van der Waals surface area contributed by atoms with Crippen molar-refractivity contribution in [1.29, 1.82) is 0 Å². The molecular weight excluding hydrogens is 395 g/mol. The third kappa shape index (κ3) is 3.96. The molecule has 9 heteroatoms. The van der Waals surface area contributed by atoms with E-state index in [9.17, 15) is 18.0 Å². The quantitative estimate of drug-likeness (QED) is 0.634. The molecule has 1 heterocycles. The summed E-state index contributed by atoms with van der Waals surface area (Å²) in [6, 6.07) is 6.35. The van der Waals surface area contributed by atoms with Crippen molar-refractivity contribution in [3.63, 3.8) is 0 Å². The molecule has 0 atom stereocenters. The van der Waals surface area contributed by atoms with Crippen molar-refractivity contribution in [3.8, 4) is 5.75 Å². The van der Waals surface area contributed by atoms with E-state index in [0.717, 1.165) is 6.07 Å². The first-order chi connectivity index (χ1) is 13.3. The SMILES string of the molecule is COc1cn(Cc2cc(F)c(F)cc2F)c(Nc2cccc(Cl)c2C)nc1=O. The summed E-state index contributed by atoms with van der Waals surface area (Å²) in [5.41, 5.74) is 0.507. The van der Waals surface area contributed by atoms with Gasteiger partial charge in [-0.1, -0.05) is 17.7 Å². The molecule has 0 fully saturated rings. The van der Waals surface area contributed by atoms with E-state index in [1.807, 2.05) is 0 Å². The zero-order chi connectivity index (χ0) is 20.4. The normalized spacial score (nSPS) is 10.8. The van der Waals surface area contributed by atoms with Crippen LogP contribution in [0, 0.1) is 24.4 Å². The molecule has 0 aliphatic carbocycles. The third-order valence-corrected chi connectivity index (χ3v) is 4.54. The molecule has 1 N–H and O–H groups in total. The van der Waals surface area contributed by atoms with Crippen LogP contribution in [0.3, 0.4) is 0 Å². The zero-order valence-electron chi connectivity index (χ0n) is 14.9. The van der Waals surface area contributed by atoms with Gasteiger partial charge in [0.15, 0.2) is 11.6 Å². The summed E-state index contributed by atoms with van der Waals surface area (Å²) in [6.07, 6.45) is 1.30. The lowest BCUT2D eigenvalue weighted by atomic mass is 10.2. The van der Waals surface area contributed by atoms with Crippen molar-refractivity contribution in [2.45, 2.75) is 13.5 Å². The minimum atomic E-state index is -1.29. The maximum atomic E-state index is 14.1. The van der Waals surface area contributed by atoms with E-state index in [1.165, 1.54) is 17.9 Å². The first kappa shape index (κ1) is 19.8. The van der Waals surface area contributed by atoms with Crippen LogP contribution in [0.4, 0.5) is 24.8 Å². The fraction of sp³-hybridized carbons (Fsp3) is 0.158. The average molecular weight is 410 g/mol. The molecule has 28 heavy (non-hydrogen) atoms. The number of halogens is 4. The van der Waals surface area contributed by atoms with Gasteiger partial charge in [-0.15, -0.1) is 0 Å². The van der Waals surface area contributed by atoms with E-state index in [1.54, 1.807) is 25.1 Å². The molecule has 0 radical (unpaired) electrons. The standard InChI is InChI=1S/C19H15ClF3N3O2/c1-10-12(20)4-3-5-16(10)24-19-25-18(27)17(28-2)9-26(19)8-11-6-14(22)15(23)7-13(11)21/h3-7,9H,8H2,1-2H3,(H,24,25,27). The highest BCUT2D eigenvalue weighted by atomic mass is 35.5. The molecule has 0 aliphatic heterocycles. The van der Waals surface area contributed by atoms with Crippen LogP contribution in [0.1, 0.15) is 11.1 Å². The van der Waals surface area contributed by atoms with Gasteiger partial charge in [-0.05, 0) is 30.7 Å². The number of hydrogen-bond acceptors (Lipinski definition) is 4. The zero-order valence-corrected chi connectivity index (χ0v) is 15.6. The number of nitrogens with one attached hydrogen (secondary N) is 1. The van der Waals surface area contributed by atoms with Crippen molar-refractivity contribution in [2.75, 3.05) is 12.4 Å². The highest BCUT2D eigenvalue weighted by molar-refractivity contribution is 6.31. The van der Waals surface area contributed by atoms with Crippen molar-refractivity contribution >= 4 is 23.2 Å². The Morgan fingerprint density at radius 3 is 2.61 bits per heavy atom. The number of anilines is 2. The van der Waals surface area contributed by atoms with Gasteiger partial charge in [-0.25, -0.2) is 13.2 Å². The Labute approximate surface area is 163 Å². The smallest absolute Gasteiger partial charge is 0.316 e. The van der Waals surface area contributed by atoms with Crippen LogP contribution in [-0.4, -0.2) is 16.7 Å². The van der Waals surface area contributed by atoms with Crippen LogP contribution in [-0.2, 0) is 6.54 Å². The molecule has 2 aromatic carbocycles. The molecule has 146 valence electrons. The number of rotatable bonds is 5. The number of hydrogen-bond donors (Lipinski definition) is 1. The van der Waals surface area contributed by atoms with Gasteiger partial charge in [0, 0.05) is 22.3 Å². The van der Waals surface area contributed by atoms with Crippen LogP contribution >= 0.6 is 11.6 Å². The molecule has 0 spiro atoms. The molecule has 0 saturated carbocycles. The van der Waals surface area contributed by atoms with Crippen LogP contribution < -0.4 is 15.6 Å².